The maximum atomic E-state index is 10.3. The van der Waals surface area contributed by atoms with Crippen molar-refractivity contribution in [3.63, 3.8) is 0 Å². The van der Waals surface area contributed by atoms with E-state index in [9.17, 15) is 13.0 Å². The molecule has 0 aliphatic carbocycles. The molecule has 0 saturated heterocycles. The van der Waals surface area contributed by atoms with Crippen LogP contribution in [0.3, 0.4) is 0 Å². The summed E-state index contributed by atoms with van der Waals surface area (Å²) in [5.41, 5.74) is 0. The zero-order chi connectivity index (χ0) is 8.48. The molecule has 0 atom stereocenters. The van der Waals surface area contributed by atoms with E-state index >= 15 is 0 Å². The van der Waals surface area contributed by atoms with Gasteiger partial charge in [-0.25, -0.2) is 8.42 Å². The Morgan fingerprint density at radius 3 is 1.92 bits per heavy atom. The second-order valence-corrected chi connectivity index (χ2v) is 3.72. The summed E-state index contributed by atoms with van der Waals surface area (Å²) in [5.74, 6) is 0. The minimum Gasteiger partial charge on any atom is -0.744 e. The van der Waals surface area contributed by atoms with Crippen molar-refractivity contribution in [1.29, 1.82) is 0 Å². The first kappa shape index (κ1) is 11.9. The maximum Gasteiger partial charge on any atom is 3.00 e. The first-order valence-electron chi connectivity index (χ1n) is 2.71. The van der Waals surface area contributed by atoms with Gasteiger partial charge in [0.25, 0.3) is 0 Å². The number of hydrogen-bond acceptors (Lipinski definition) is 3. The van der Waals surface area contributed by atoms with Crippen LogP contribution in [0.4, 0.5) is 0 Å². The minimum atomic E-state index is -4.33. The van der Waals surface area contributed by atoms with Crippen molar-refractivity contribution in [2.24, 2.45) is 0 Å². The van der Waals surface area contributed by atoms with Crippen molar-refractivity contribution in [2.45, 2.75) is 4.90 Å². The van der Waals surface area contributed by atoms with E-state index < -0.39 is 10.1 Å². The summed E-state index contributed by atoms with van der Waals surface area (Å²) in [6.45, 7) is 0. The molecule has 0 N–H and O–H groups in total. The predicted molar refractivity (Wildman–Crippen MR) is 39.4 cm³/mol. The molecule has 6 heteroatoms. The van der Waals surface area contributed by atoms with Crippen LogP contribution in [0.1, 0.15) is 0 Å². The first-order valence-corrected chi connectivity index (χ1v) is 4.50. The second-order valence-electron chi connectivity index (χ2n) is 1.91. The zero-order valence-corrected chi connectivity index (χ0v) is 8.35. The zero-order valence-electron chi connectivity index (χ0n) is 5.67. The number of halogens is 1. The monoisotopic (exact) mass is 247 g/mol. The van der Waals surface area contributed by atoms with Gasteiger partial charge in [-0.2, -0.15) is 0 Å². The summed E-state index contributed by atoms with van der Waals surface area (Å²) < 4.78 is 31.0. The molecule has 0 heterocycles. The summed E-state index contributed by atoms with van der Waals surface area (Å²) in [4.78, 5) is -0.262. The second kappa shape index (κ2) is 4.25. The van der Waals surface area contributed by atoms with Crippen molar-refractivity contribution in [3.05, 3.63) is 29.3 Å². The van der Waals surface area contributed by atoms with Crippen molar-refractivity contribution < 1.29 is 30.0 Å². The maximum absolute atomic E-state index is 10.3. The average molecular weight is 247 g/mol. The topological polar surface area (TPSA) is 57.2 Å². The number of hydrogen-bond donors (Lipinski definition) is 0. The van der Waals surface area contributed by atoms with Crippen molar-refractivity contribution >= 4 is 21.7 Å². The normalized spacial score (nSPS) is 10.5. The van der Waals surface area contributed by atoms with Crippen LogP contribution >= 0.6 is 11.6 Å². The fourth-order valence-electron chi connectivity index (χ4n) is 0.601. The summed E-state index contributed by atoms with van der Waals surface area (Å²) in [7, 11) is -4.33. The Morgan fingerprint density at radius 2 is 1.58 bits per heavy atom. The molecule has 1 aromatic carbocycles. The first-order chi connectivity index (χ1) is 5.00. The molecule has 0 fully saturated rings. The van der Waals surface area contributed by atoms with Gasteiger partial charge in [0.1, 0.15) is 10.1 Å². The molecule has 0 saturated carbocycles. The van der Waals surface area contributed by atoms with E-state index in [-0.39, 0.29) is 22.0 Å². The van der Waals surface area contributed by atoms with Crippen LogP contribution in [0.15, 0.2) is 29.2 Å². The fraction of sp³-hybridized carbons (Fsp3) is 0. The molecule has 0 bridgehead atoms. The molecule has 0 aromatic heterocycles. The summed E-state index contributed by atoms with van der Waals surface area (Å²) >= 11 is 5.46. The smallest absolute Gasteiger partial charge is 0.744 e. The third-order valence-electron chi connectivity index (χ3n) is 1.10. The molecule has 0 spiro atoms. The molecule has 12 heavy (non-hydrogen) atoms. The molecular weight excluding hydrogens is 243 g/mol. The van der Waals surface area contributed by atoms with Crippen LogP contribution in [-0.2, 0) is 27.2 Å². The largest absolute Gasteiger partial charge is 3.00 e. The third kappa shape index (κ3) is 3.13. The molecule has 1 radical (unpaired) electrons. The number of benzene rings is 1. The fourth-order valence-corrected chi connectivity index (χ4v) is 1.20. The van der Waals surface area contributed by atoms with Gasteiger partial charge in [0.2, 0.25) is 0 Å². The van der Waals surface area contributed by atoms with E-state index in [2.05, 4.69) is 0 Å². The van der Waals surface area contributed by atoms with E-state index in [0.717, 1.165) is 0 Å². The van der Waals surface area contributed by atoms with Gasteiger partial charge >= 0.3 is 17.1 Å². The van der Waals surface area contributed by atoms with Gasteiger partial charge < -0.3 is 4.55 Å². The van der Waals surface area contributed by atoms with Crippen LogP contribution in [0.5, 0.6) is 0 Å². The third-order valence-corrected chi connectivity index (χ3v) is 2.20. The Balaban J connectivity index is 0.00000121. The van der Waals surface area contributed by atoms with E-state index in [1.54, 1.807) is 0 Å². The quantitative estimate of drug-likeness (QED) is 0.554. The molecule has 65 valence electrons. The van der Waals surface area contributed by atoms with Crippen molar-refractivity contribution in [3.8, 4) is 0 Å². The van der Waals surface area contributed by atoms with Gasteiger partial charge in [-0.1, -0.05) is 11.6 Å². The Labute approximate surface area is 86.0 Å². The summed E-state index contributed by atoms with van der Waals surface area (Å²) in [6.07, 6.45) is 0. The Bertz CT molecular complexity index is 346. The molecular formula is C6H4ClFeO3S+2. The SMILES string of the molecule is O=S(=O)([O-])c1ccc(Cl)cc1.[Fe+3]. The molecule has 1 rings (SSSR count). The minimum absolute atomic E-state index is 0. The van der Waals surface area contributed by atoms with Crippen LogP contribution in [0.2, 0.25) is 5.02 Å². The van der Waals surface area contributed by atoms with Crippen LogP contribution in [-0.4, -0.2) is 13.0 Å². The predicted octanol–water partition coefficient (Wildman–Crippen LogP) is 1.24. The molecule has 1 aromatic rings. The van der Waals surface area contributed by atoms with Crippen molar-refractivity contribution in [1.82, 2.24) is 0 Å². The average Bonchev–Trinajstić information content (AvgIpc) is 1.86. The van der Waals surface area contributed by atoms with Crippen LogP contribution < -0.4 is 0 Å². The van der Waals surface area contributed by atoms with E-state index in [1.165, 1.54) is 24.3 Å². The summed E-state index contributed by atoms with van der Waals surface area (Å²) in [6, 6.07) is 5.05. The van der Waals surface area contributed by atoms with Crippen LogP contribution in [0.25, 0.3) is 0 Å². The van der Waals surface area contributed by atoms with Gasteiger partial charge in [-0.05, 0) is 24.3 Å². The van der Waals surface area contributed by atoms with Gasteiger partial charge in [0.05, 0.1) is 4.90 Å². The van der Waals surface area contributed by atoms with Gasteiger partial charge in [0.15, 0.2) is 0 Å². The van der Waals surface area contributed by atoms with E-state index in [4.69, 9.17) is 11.6 Å². The molecule has 0 aliphatic heterocycles. The molecule has 0 aliphatic rings. The van der Waals surface area contributed by atoms with Gasteiger partial charge in [-0.3, -0.25) is 0 Å². The Hall–Kier alpha value is -0.0605. The molecule has 0 amide bonds. The van der Waals surface area contributed by atoms with E-state index in [0.29, 0.717) is 5.02 Å². The van der Waals surface area contributed by atoms with Gasteiger partial charge in [0, 0.05) is 5.02 Å². The van der Waals surface area contributed by atoms with E-state index in [1.807, 2.05) is 0 Å². The molecule has 0 unspecified atom stereocenters. The van der Waals surface area contributed by atoms with Crippen LogP contribution in [0, 0.1) is 0 Å². The standard InChI is InChI=1S/C6H5ClO3S.Fe/c7-5-1-3-6(4-2-5)11(8,9)10;/h1-4H,(H,8,9,10);/q;+3/p-1. The molecule has 3 nitrogen and oxygen atoms in total. The van der Waals surface area contributed by atoms with Gasteiger partial charge in [-0.15, -0.1) is 0 Å². The Kier molecular flexibility index (Phi) is 4.23. The summed E-state index contributed by atoms with van der Waals surface area (Å²) in [5, 5.41) is 0.400. The Morgan fingerprint density at radius 1 is 1.17 bits per heavy atom. The number of rotatable bonds is 1. The van der Waals surface area contributed by atoms with Crippen molar-refractivity contribution in [2.75, 3.05) is 0 Å².